The monoisotopic (exact) mass is 374 g/mol. The lowest BCUT2D eigenvalue weighted by molar-refractivity contribution is 0.0519. The maximum Gasteiger partial charge on any atom is 0.358 e. The molecule has 7 heteroatoms. The third-order valence-corrected chi connectivity index (χ3v) is 4.74. The highest BCUT2D eigenvalue weighted by Crippen LogP contribution is 2.33. The van der Waals surface area contributed by atoms with Crippen LogP contribution in [-0.2, 0) is 4.74 Å². The fourth-order valence-electron chi connectivity index (χ4n) is 1.55. The summed E-state index contributed by atoms with van der Waals surface area (Å²) < 4.78 is 5.72. The molecule has 0 aliphatic rings. The molecule has 2 aromatic rings. The Labute approximate surface area is 134 Å². The molecule has 0 aliphatic carbocycles. The number of halogens is 2. The van der Waals surface area contributed by atoms with Gasteiger partial charge in [-0.2, -0.15) is 0 Å². The maximum atomic E-state index is 11.7. The molecular weight excluding hydrogens is 364 g/mol. The molecule has 2 rings (SSSR count). The molecule has 0 unspecified atom stereocenters. The van der Waals surface area contributed by atoms with Crippen LogP contribution in [0.4, 0.5) is 10.8 Å². The minimum absolute atomic E-state index is 0.332. The summed E-state index contributed by atoms with van der Waals surface area (Å²) in [4.78, 5) is 16.8. The number of carbonyl (C=O) groups is 1. The number of nitrogens with zero attached hydrogens (tertiary/aromatic N) is 1. The van der Waals surface area contributed by atoms with Crippen molar-refractivity contribution in [1.82, 2.24) is 4.98 Å². The summed E-state index contributed by atoms with van der Waals surface area (Å²) in [5.41, 5.74) is 1.14. The van der Waals surface area contributed by atoms with Gasteiger partial charge >= 0.3 is 5.97 Å². The number of aryl methyl sites for hydroxylation is 1. The van der Waals surface area contributed by atoms with Crippen LogP contribution < -0.4 is 5.32 Å². The van der Waals surface area contributed by atoms with Crippen molar-refractivity contribution >= 4 is 55.7 Å². The summed E-state index contributed by atoms with van der Waals surface area (Å²) in [6.45, 7) is 3.93. The van der Waals surface area contributed by atoms with Crippen molar-refractivity contribution in [2.24, 2.45) is 0 Å². The number of hydrogen-bond acceptors (Lipinski definition) is 5. The van der Waals surface area contributed by atoms with Crippen molar-refractivity contribution in [2.75, 3.05) is 11.9 Å². The van der Waals surface area contributed by atoms with E-state index in [9.17, 15) is 4.79 Å². The van der Waals surface area contributed by atoms with Crippen LogP contribution in [0.25, 0.3) is 0 Å². The lowest BCUT2D eigenvalue weighted by atomic mass is 10.3. The second kappa shape index (κ2) is 6.56. The number of anilines is 2. The first kappa shape index (κ1) is 15.3. The molecule has 1 aromatic carbocycles. The number of ether oxygens (including phenoxy) is 1. The Hall–Kier alpha value is -1.11. The minimum atomic E-state index is -0.403. The normalized spacial score (nSPS) is 10.4. The first-order valence-corrected chi connectivity index (χ1v) is 7.87. The van der Waals surface area contributed by atoms with E-state index in [1.165, 1.54) is 11.3 Å². The van der Waals surface area contributed by atoms with Gasteiger partial charge < -0.3 is 10.1 Å². The van der Waals surface area contributed by atoms with Gasteiger partial charge in [-0.1, -0.05) is 17.7 Å². The van der Waals surface area contributed by atoms with E-state index in [1.807, 2.05) is 19.1 Å². The number of esters is 1. The van der Waals surface area contributed by atoms with Gasteiger partial charge in [0.2, 0.25) is 0 Å². The van der Waals surface area contributed by atoms with Gasteiger partial charge in [0.1, 0.15) is 0 Å². The van der Waals surface area contributed by atoms with E-state index in [2.05, 4.69) is 26.2 Å². The predicted molar refractivity (Wildman–Crippen MR) is 85.2 cm³/mol. The second-order valence-corrected chi connectivity index (χ2v) is 6.27. The van der Waals surface area contributed by atoms with E-state index in [0.717, 1.165) is 15.0 Å². The maximum absolute atomic E-state index is 11.7. The molecule has 20 heavy (non-hydrogen) atoms. The van der Waals surface area contributed by atoms with Crippen molar-refractivity contribution in [2.45, 2.75) is 13.8 Å². The highest BCUT2D eigenvalue weighted by atomic mass is 79.9. The summed E-state index contributed by atoms with van der Waals surface area (Å²) >= 11 is 10.8. The van der Waals surface area contributed by atoms with Crippen molar-refractivity contribution in [1.29, 1.82) is 0 Å². The molecule has 0 fully saturated rings. The Kier molecular flexibility index (Phi) is 5.01. The van der Waals surface area contributed by atoms with Crippen LogP contribution in [0.15, 0.2) is 22.7 Å². The Morgan fingerprint density at radius 2 is 2.30 bits per heavy atom. The minimum Gasteiger partial charge on any atom is -0.461 e. The number of thiazole rings is 1. The Balaban J connectivity index is 2.25. The summed E-state index contributed by atoms with van der Waals surface area (Å²) in [6, 6.07) is 5.49. The van der Waals surface area contributed by atoms with Crippen LogP contribution in [0.1, 0.15) is 22.3 Å². The molecule has 1 aromatic heterocycles. The van der Waals surface area contributed by atoms with Crippen molar-refractivity contribution in [3.63, 3.8) is 0 Å². The number of carbonyl (C=O) groups excluding carboxylic acids is 1. The average molecular weight is 376 g/mol. The lowest BCUT2D eigenvalue weighted by Crippen LogP contribution is -2.06. The molecule has 4 nitrogen and oxygen atoms in total. The third-order valence-electron chi connectivity index (χ3n) is 2.46. The molecule has 106 valence electrons. The van der Waals surface area contributed by atoms with E-state index < -0.39 is 5.97 Å². The van der Waals surface area contributed by atoms with E-state index >= 15 is 0 Å². The first-order chi connectivity index (χ1) is 9.52. The van der Waals surface area contributed by atoms with E-state index in [0.29, 0.717) is 22.5 Å². The molecule has 1 heterocycles. The second-order valence-electron chi connectivity index (χ2n) is 3.87. The predicted octanol–water partition coefficient (Wildman–Crippen LogP) is 4.79. The van der Waals surface area contributed by atoms with E-state index in [-0.39, 0.29) is 0 Å². The van der Waals surface area contributed by atoms with Crippen molar-refractivity contribution in [3.05, 3.63) is 38.3 Å². The topological polar surface area (TPSA) is 51.2 Å². The number of aromatic nitrogens is 1. The smallest absolute Gasteiger partial charge is 0.358 e. The van der Waals surface area contributed by atoms with Crippen LogP contribution in [-0.4, -0.2) is 17.6 Å². The summed E-state index contributed by atoms with van der Waals surface area (Å²) in [7, 11) is 0. The van der Waals surface area contributed by atoms with Crippen LogP contribution in [0.3, 0.4) is 0 Å². The van der Waals surface area contributed by atoms with Gasteiger partial charge in [0.25, 0.3) is 0 Å². The molecule has 0 bridgehead atoms. The molecule has 0 saturated carbocycles. The molecule has 0 spiro atoms. The lowest BCUT2D eigenvalue weighted by Gasteiger charge is -2.06. The number of rotatable bonds is 4. The third kappa shape index (κ3) is 3.31. The zero-order valence-corrected chi connectivity index (χ0v) is 14.0. The molecule has 0 saturated heterocycles. The standard InChI is InChI=1S/C13H12BrClN2O2S/c1-3-19-12(18)11-7(2)20-13(17-11)16-9-6-4-5-8(15)10(9)14/h4-6H,3H2,1-2H3,(H,16,17). The summed E-state index contributed by atoms with van der Waals surface area (Å²) in [6.07, 6.45) is 0. The fraction of sp³-hybridized carbons (Fsp3) is 0.231. The quantitative estimate of drug-likeness (QED) is 0.781. The van der Waals surface area contributed by atoms with E-state index in [1.54, 1.807) is 13.0 Å². The fourth-order valence-corrected chi connectivity index (χ4v) is 2.91. The molecule has 0 aliphatic heterocycles. The van der Waals surface area contributed by atoms with Gasteiger partial charge in [-0.25, -0.2) is 9.78 Å². The summed E-state index contributed by atoms with van der Waals surface area (Å²) in [5.74, 6) is -0.403. The van der Waals surface area contributed by atoms with Gasteiger partial charge in [-0.05, 0) is 41.9 Å². The SMILES string of the molecule is CCOC(=O)c1nc(Nc2cccc(Cl)c2Br)sc1C. The zero-order chi connectivity index (χ0) is 14.7. The van der Waals surface area contributed by atoms with Gasteiger partial charge in [0.15, 0.2) is 10.8 Å². The molecule has 0 radical (unpaired) electrons. The first-order valence-electron chi connectivity index (χ1n) is 5.88. The molecule has 0 amide bonds. The summed E-state index contributed by atoms with van der Waals surface area (Å²) in [5, 5.41) is 4.36. The van der Waals surface area contributed by atoms with Crippen molar-refractivity contribution < 1.29 is 9.53 Å². The van der Waals surface area contributed by atoms with Crippen molar-refractivity contribution in [3.8, 4) is 0 Å². The van der Waals surface area contributed by atoms with Gasteiger partial charge in [-0.3, -0.25) is 0 Å². The Bertz CT molecular complexity index is 645. The van der Waals surface area contributed by atoms with Crippen LogP contribution in [0.2, 0.25) is 5.02 Å². The van der Waals surface area contributed by atoms with Crippen LogP contribution in [0.5, 0.6) is 0 Å². The molecule has 0 atom stereocenters. The number of hydrogen-bond donors (Lipinski definition) is 1. The number of nitrogens with one attached hydrogen (secondary N) is 1. The highest BCUT2D eigenvalue weighted by Gasteiger charge is 2.17. The Morgan fingerprint density at radius 3 is 3.00 bits per heavy atom. The molecular formula is C13H12BrClN2O2S. The number of benzene rings is 1. The highest BCUT2D eigenvalue weighted by molar-refractivity contribution is 9.10. The van der Waals surface area contributed by atoms with Crippen LogP contribution >= 0.6 is 38.9 Å². The van der Waals surface area contributed by atoms with Crippen LogP contribution in [0, 0.1) is 6.92 Å². The van der Waals surface area contributed by atoms with E-state index in [4.69, 9.17) is 16.3 Å². The average Bonchev–Trinajstić information content (AvgIpc) is 2.76. The van der Waals surface area contributed by atoms with Gasteiger partial charge in [0, 0.05) is 4.88 Å². The van der Waals surface area contributed by atoms with Gasteiger partial charge in [-0.15, -0.1) is 11.3 Å². The molecule has 1 N–H and O–H groups in total. The Morgan fingerprint density at radius 1 is 1.55 bits per heavy atom. The zero-order valence-electron chi connectivity index (χ0n) is 10.9. The largest absolute Gasteiger partial charge is 0.461 e. The van der Waals surface area contributed by atoms with Gasteiger partial charge in [0.05, 0.1) is 21.8 Å².